The van der Waals surface area contributed by atoms with E-state index in [0.717, 1.165) is 19.4 Å². The third kappa shape index (κ3) is 3.92. The Morgan fingerprint density at radius 2 is 1.90 bits per heavy atom. The van der Waals surface area contributed by atoms with Crippen LogP contribution in [-0.2, 0) is 4.43 Å². The van der Waals surface area contributed by atoms with Crippen molar-refractivity contribution in [3.05, 3.63) is 35.4 Å². The first kappa shape index (κ1) is 16.6. The summed E-state index contributed by atoms with van der Waals surface area (Å²) < 4.78 is 33.1. The van der Waals surface area contributed by atoms with E-state index in [0.29, 0.717) is 11.5 Å². The second-order valence-corrected chi connectivity index (χ2v) is 12.5. The third-order valence-electron chi connectivity index (χ3n) is 5.04. The van der Waals surface area contributed by atoms with Gasteiger partial charge in [0.2, 0.25) is 0 Å². The molecule has 1 aromatic carbocycles. The fraction of sp³-hybridized carbons (Fsp3) is 0.647. The van der Waals surface area contributed by atoms with E-state index in [-0.39, 0.29) is 22.6 Å². The minimum absolute atomic E-state index is 0.170. The summed E-state index contributed by atoms with van der Waals surface area (Å²) in [6.07, 6.45) is 1.88. The van der Waals surface area contributed by atoms with Gasteiger partial charge in [-0.1, -0.05) is 20.8 Å². The van der Waals surface area contributed by atoms with Gasteiger partial charge >= 0.3 is 0 Å². The molecule has 0 N–H and O–H groups in total. The Morgan fingerprint density at radius 3 is 2.52 bits per heavy atom. The molecule has 1 unspecified atom stereocenters. The Hall–Kier alpha value is -0.743. The van der Waals surface area contributed by atoms with Crippen LogP contribution in [0.25, 0.3) is 0 Å². The van der Waals surface area contributed by atoms with Crippen LogP contribution in [0, 0.1) is 17.6 Å². The molecule has 2 rings (SSSR count). The minimum atomic E-state index is -1.70. The highest BCUT2D eigenvalue weighted by molar-refractivity contribution is 6.74. The van der Waals surface area contributed by atoms with Crippen LogP contribution in [0.15, 0.2) is 18.2 Å². The molecule has 1 aliphatic carbocycles. The monoisotopic (exact) mass is 312 g/mol. The van der Waals surface area contributed by atoms with E-state index in [1.54, 1.807) is 0 Å². The smallest absolute Gasteiger partial charge is 0.191 e. The summed E-state index contributed by atoms with van der Waals surface area (Å²) in [5.41, 5.74) is 0.535. The van der Waals surface area contributed by atoms with E-state index < -0.39 is 8.32 Å². The minimum Gasteiger partial charge on any atom is -0.417 e. The highest BCUT2D eigenvalue weighted by Crippen LogP contribution is 2.50. The van der Waals surface area contributed by atoms with Crippen LogP contribution in [0.2, 0.25) is 18.1 Å². The average molecular weight is 312 g/mol. The molecule has 0 saturated heterocycles. The Kier molecular flexibility index (Phi) is 4.59. The maximum absolute atomic E-state index is 13.7. The van der Waals surface area contributed by atoms with Crippen LogP contribution in [0.5, 0.6) is 0 Å². The van der Waals surface area contributed by atoms with Crippen molar-refractivity contribution < 1.29 is 13.2 Å². The topological polar surface area (TPSA) is 9.23 Å². The van der Waals surface area contributed by atoms with Gasteiger partial charge in [0.15, 0.2) is 8.32 Å². The van der Waals surface area contributed by atoms with Gasteiger partial charge in [-0.2, -0.15) is 0 Å². The van der Waals surface area contributed by atoms with E-state index in [4.69, 9.17) is 4.43 Å². The van der Waals surface area contributed by atoms with Crippen molar-refractivity contribution in [3.8, 4) is 0 Å². The summed E-state index contributed by atoms with van der Waals surface area (Å²) in [6.45, 7) is 11.9. The first-order valence-corrected chi connectivity index (χ1v) is 10.6. The molecule has 0 spiro atoms. The van der Waals surface area contributed by atoms with Gasteiger partial charge in [0, 0.05) is 6.61 Å². The Morgan fingerprint density at radius 1 is 1.24 bits per heavy atom. The van der Waals surface area contributed by atoms with E-state index in [9.17, 15) is 8.78 Å². The molecule has 0 aromatic heterocycles. The molecule has 2 atom stereocenters. The summed E-state index contributed by atoms with van der Waals surface area (Å²) >= 11 is 0. The lowest BCUT2D eigenvalue weighted by atomic mass is 10.1. The van der Waals surface area contributed by atoms with Crippen molar-refractivity contribution in [2.75, 3.05) is 6.61 Å². The molecule has 1 nitrogen and oxygen atoms in total. The molecule has 0 heterocycles. The molecular formula is C17H26F2OSi. The highest BCUT2D eigenvalue weighted by Gasteiger charge is 2.41. The SMILES string of the molecule is CC(C)(C)[Si](C)(C)OCC[C@H]1CC1c1cc(F)ccc1F. The molecule has 21 heavy (non-hydrogen) atoms. The average Bonchev–Trinajstić information content (AvgIpc) is 3.10. The molecule has 118 valence electrons. The van der Waals surface area contributed by atoms with Crippen molar-refractivity contribution in [2.45, 2.75) is 57.7 Å². The van der Waals surface area contributed by atoms with E-state index in [2.05, 4.69) is 33.9 Å². The van der Waals surface area contributed by atoms with Gasteiger partial charge in [-0.25, -0.2) is 8.78 Å². The second-order valence-electron chi connectivity index (χ2n) is 7.67. The zero-order valence-electron chi connectivity index (χ0n) is 13.7. The first-order chi connectivity index (χ1) is 9.62. The summed E-state index contributed by atoms with van der Waals surface area (Å²) in [5.74, 6) is -0.0291. The predicted molar refractivity (Wildman–Crippen MR) is 85.0 cm³/mol. The lowest BCUT2D eigenvalue weighted by Crippen LogP contribution is -2.41. The van der Waals surface area contributed by atoms with Gasteiger partial charge in [0.1, 0.15) is 11.6 Å². The van der Waals surface area contributed by atoms with Gasteiger partial charge in [0.25, 0.3) is 0 Å². The summed E-state index contributed by atoms with van der Waals surface area (Å²) in [7, 11) is -1.70. The van der Waals surface area contributed by atoms with Crippen LogP contribution in [0.4, 0.5) is 8.78 Å². The van der Waals surface area contributed by atoms with E-state index in [1.165, 1.54) is 18.2 Å². The van der Waals surface area contributed by atoms with E-state index in [1.807, 2.05) is 0 Å². The van der Waals surface area contributed by atoms with Gasteiger partial charge in [-0.05, 0) is 66.6 Å². The number of hydrogen-bond donors (Lipinski definition) is 0. The van der Waals surface area contributed by atoms with Crippen molar-refractivity contribution in [2.24, 2.45) is 5.92 Å². The third-order valence-corrected chi connectivity index (χ3v) is 9.58. The number of rotatable bonds is 5. The molecule has 1 fully saturated rings. The number of halogens is 2. The van der Waals surface area contributed by atoms with Gasteiger partial charge < -0.3 is 4.43 Å². The lowest BCUT2D eigenvalue weighted by molar-refractivity contribution is 0.274. The van der Waals surface area contributed by atoms with Crippen LogP contribution < -0.4 is 0 Å². The quantitative estimate of drug-likeness (QED) is 0.654. The van der Waals surface area contributed by atoms with Crippen molar-refractivity contribution in [1.29, 1.82) is 0 Å². The zero-order valence-corrected chi connectivity index (χ0v) is 14.7. The summed E-state index contributed by atoms with van der Waals surface area (Å²) in [4.78, 5) is 0. The van der Waals surface area contributed by atoms with Gasteiger partial charge in [0.05, 0.1) is 0 Å². The summed E-state index contributed by atoms with van der Waals surface area (Å²) in [6, 6.07) is 3.75. The van der Waals surface area contributed by atoms with Gasteiger partial charge in [-0.3, -0.25) is 0 Å². The maximum Gasteiger partial charge on any atom is 0.191 e. The van der Waals surface area contributed by atoms with E-state index >= 15 is 0 Å². The second kappa shape index (κ2) is 5.80. The van der Waals surface area contributed by atoms with Crippen LogP contribution in [0.1, 0.15) is 45.1 Å². The van der Waals surface area contributed by atoms with Gasteiger partial charge in [-0.15, -0.1) is 0 Å². The molecule has 1 aromatic rings. The van der Waals surface area contributed by atoms with Crippen molar-refractivity contribution >= 4 is 8.32 Å². The predicted octanol–water partition coefficient (Wildman–Crippen LogP) is 5.48. The molecular weight excluding hydrogens is 286 g/mol. The normalized spacial score (nSPS) is 22.4. The van der Waals surface area contributed by atoms with Crippen molar-refractivity contribution in [1.82, 2.24) is 0 Å². The number of hydrogen-bond acceptors (Lipinski definition) is 1. The first-order valence-electron chi connectivity index (χ1n) is 7.71. The molecule has 0 radical (unpaired) electrons. The standard InChI is InChI=1S/C17H26F2OSi/c1-17(2,3)21(4,5)20-9-8-12-10-14(12)15-11-13(18)6-7-16(15)19/h6-7,11-12,14H,8-10H2,1-5H3/t12-,14?/m0/s1. The van der Waals surface area contributed by atoms with Crippen LogP contribution in [0.3, 0.4) is 0 Å². The fourth-order valence-electron chi connectivity index (χ4n) is 2.43. The zero-order chi connectivity index (χ0) is 15.8. The molecule has 4 heteroatoms. The lowest BCUT2D eigenvalue weighted by Gasteiger charge is -2.36. The van der Waals surface area contributed by atoms with Crippen LogP contribution >= 0.6 is 0 Å². The Balaban J connectivity index is 1.84. The number of benzene rings is 1. The molecule has 0 bridgehead atoms. The molecule has 0 aliphatic heterocycles. The molecule has 0 amide bonds. The maximum atomic E-state index is 13.7. The van der Waals surface area contributed by atoms with Crippen molar-refractivity contribution in [3.63, 3.8) is 0 Å². The Bertz CT molecular complexity index is 508. The molecule has 1 aliphatic rings. The highest BCUT2D eigenvalue weighted by atomic mass is 28.4. The summed E-state index contributed by atoms with van der Waals surface area (Å²) in [5, 5.41) is 0.213. The fourth-order valence-corrected chi connectivity index (χ4v) is 3.49. The van der Waals surface area contributed by atoms with Crippen LogP contribution in [-0.4, -0.2) is 14.9 Å². The molecule has 1 saturated carbocycles. The largest absolute Gasteiger partial charge is 0.417 e. The Labute approximate surface area is 127 Å².